The first kappa shape index (κ1) is 20.7. The first-order valence-electron chi connectivity index (χ1n) is 11.2. The van der Waals surface area contributed by atoms with E-state index >= 15 is 0 Å². The molecular formula is C29H25N3O. The zero-order valence-electron chi connectivity index (χ0n) is 18.3. The summed E-state index contributed by atoms with van der Waals surface area (Å²) >= 11 is 0. The van der Waals surface area contributed by atoms with Crippen LogP contribution in [0.4, 0.5) is 5.69 Å². The monoisotopic (exact) mass is 431 g/mol. The Kier molecular flexibility index (Phi) is 5.98. The van der Waals surface area contributed by atoms with Crippen LogP contribution in [0.2, 0.25) is 0 Å². The topological polar surface area (TPSA) is 46.9 Å². The summed E-state index contributed by atoms with van der Waals surface area (Å²) in [6, 6.07) is 36.6. The molecule has 0 fully saturated rings. The molecule has 5 aromatic rings. The summed E-state index contributed by atoms with van der Waals surface area (Å²) in [7, 11) is 0. The summed E-state index contributed by atoms with van der Waals surface area (Å²) in [6.07, 6.45) is 1.17. The van der Waals surface area contributed by atoms with Crippen LogP contribution >= 0.6 is 0 Å². The quantitative estimate of drug-likeness (QED) is 0.328. The van der Waals surface area contributed by atoms with Gasteiger partial charge in [0.1, 0.15) is 5.82 Å². The summed E-state index contributed by atoms with van der Waals surface area (Å²) < 4.78 is 2.24. The number of nitrogens with one attached hydrogen (secondary N) is 1. The highest BCUT2D eigenvalue weighted by Crippen LogP contribution is 2.28. The third kappa shape index (κ3) is 4.85. The van der Waals surface area contributed by atoms with Crippen LogP contribution in [0.25, 0.3) is 22.4 Å². The van der Waals surface area contributed by atoms with Crippen molar-refractivity contribution in [1.29, 1.82) is 0 Å². The molecule has 0 radical (unpaired) electrons. The van der Waals surface area contributed by atoms with E-state index in [0.29, 0.717) is 6.42 Å². The molecule has 0 spiro atoms. The van der Waals surface area contributed by atoms with E-state index in [4.69, 9.17) is 4.98 Å². The molecule has 33 heavy (non-hydrogen) atoms. The number of aryl methyl sites for hydroxylation is 1. The Morgan fingerprint density at radius 2 is 1.45 bits per heavy atom. The summed E-state index contributed by atoms with van der Waals surface area (Å²) in [6.45, 7) is 0.727. The Bertz CT molecular complexity index is 1370. The molecule has 5 rings (SSSR count). The van der Waals surface area contributed by atoms with Crippen LogP contribution in [0.3, 0.4) is 0 Å². The number of hydrogen-bond donors (Lipinski definition) is 1. The Labute approximate surface area is 193 Å². The summed E-state index contributed by atoms with van der Waals surface area (Å²) in [5.41, 5.74) is 6.18. The normalized spacial score (nSPS) is 10.9. The molecule has 0 saturated carbocycles. The Morgan fingerprint density at radius 3 is 2.24 bits per heavy atom. The van der Waals surface area contributed by atoms with Gasteiger partial charge >= 0.3 is 0 Å². The van der Waals surface area contributed by atoms with Gasteiger partial charge in [-0.05, 0) is 41.8 Å². The molecule has 4 nitrogen and oxygen atoms in total. The maximum atomic E-state index is 12.6. The lowest BCUT2D eigenvalue weighted by Crippen LogP contribution is -2.12. The number of rotatable bonds is 7. The van der Waals surface area contributed by atoms with Crippen molar-refractivity contribution in [3.05, 3.63) is 120 Å². The molecule has 1 heterocycles. The molecule has 0 saturated heterocycles. The van der Waals surface area contributed by atoms with Gasteiger partial charge in [0.2, 0.25) is 5.91 Å². The summed E-state index contributed by atoms with van der Waals surface area (Å²) in [5, 5.41) is 3.05. The van der Waals surface area contributed by atoms with Gasteiger partial charge in [-0.3, -0.25) is 4.79 Å². The van der Waals surface area contributed by atoms with E-state index in [-0.39, 0.29) is 5.91 Å². The van der Waals surface area contributed by atoms with Crippen molar-refractivity contribution < 1.29 is 4.79 Å². The molecule has 0 atom stereocenters. The number of carbonyl (C=O) groups excluding carboxylic acids is 1. The van der Waals surface area contributed by atoms with E-state index in [1.54, 1.807) is 0 Å². The van der Waals surface area contributed by atoms with Crippen molar-refractivity contribution in [3.8, 4) is 11.4 Å². The van der Waals surface area contributed by atoms with Gasteiger partial charge in [0.25, 0.3) is 0 Å². The lowest BCUT2D eigenvalue weighted by atomic mass is 10.1. The molecule has 1 amide bonds. The van der Waals surface area contributed by atoms with Gasteiger partial charge in [-0.2, -0.15) is 0 Å². The molecular weight excluding hydrogens is 406 g/mol. The number of hydrogen-bond acceptors (Lipinski definition) is 2. The van der Waals surface area contributed by atoms with E-state index in [1.165, 1.54) is 5.56 Å². The molecule has 1 aromatic heterocycles. The molecule has 0 bridgehead atoms. The smallest absolute Gasteiger partial charge is 0.224 e. The zero-order valence-corrected chi connectivity index (χ0v) is 18.3. The van der Waals surface area contributed by atoms with Gasteiger partial charge in [-0.15, -0.1) is 0 Å². The van der Waals surface area contributed by atoms with Gasteiger partial charge in [0.15, 0.2) is 0 Å². The van der Waals surface area contributed by atoms with Gasteiger partial charge in [0, 0.05) is 24.2 Å². The third-order valence-corrected chi connectivity index (χ3v) is 5.73. The van der Waals surface area contributed by atoms with Crippen LogP contribution < -0.4 is 5.32 Å². The average molecular weight is 432 g/mol. The van der Waals surface area contributed by atoms with Crippen LogP contribution in [0, 0.1) is 0 Å². The number of anilines is 1. The van der Waals surface area contributed by atoms with E-state index < -0.39 is 0 Å². The fourth-order valence-corrected chi connectivity index (χ4v) is 4.08. The number of fused-ring (bicyclic) bond motifs is 1. The summed E-state index contributed by atoms with van der Waals surface area (Å²) in [4.78, 5) is 17.5. The Balaban J connectivity index is 1.40. The van der Waals surface area contributed by atoms with Crippen LogP contribution in [0.5, 0.6) is 0 Å². The first-order valence-corrected chi connectivity index (χ1v) is 11.2. The molecule has 0 unspecified atom stereocenters. The second-order valence-corrected chi connectivity index (χ2v) is 8.11. The van der Waals surface area contributed by atoms with Crippen LogP contribution in [-0.4, -0.2) is 15.5 Å². The van der Waals surface area contributed by atoms with Gasteiger partial charge in [-0.1, -0.05) is 84.9 Å². The molecule has 4 heteroatoms. The Morgan fingerprint density at radius 1 is 0.758 bits per heavy atom. The van der Waals surface area contributed by atoms with Gasteiger partial charge in [-0.25, -0.2) is 4.98 Å². The van der Waals surface area contributed by atoms with Crippen molar-refractivity contribution in [2.24, 2.45) is 0 Å². The average Bonchev–Trinajstić information content (AvgIpc) is 3.23. The lowest BCUT2D eigenvalue weighted by Gasteiger charge is -2.11. The van der Waals surface area contributed by atoms with Crippen molar-refractivity contribution in [1.82, 2.24) is 9.55 Å². The van der Waals surface area contributed by atoms with E-state index in [2.05, 4.69) is 40.2 Å². The maximum absolute atomic E-state index is 12.6. The summed E-state index contributed by atoms with van der Waals surface area (Å²) in [5.74, 6) is 0.897. The SMILES string of the molecule is O=C(CCc1ccccc1)Nc1cccc(-c2nc3ccccc3n2Cc2ccccc2)c1. The van der Waals surface area contributed by atoms with E-state index in [0.717, 1.165) is 46.6 Å². The number of nitrogens with zero attached hydrogens (tertiary/aromatic N) is 2. The predicted molar refractivity (Wildman–Crippen MR) is 134 cm³/mol. The fraction of sp³-hybridized carbons (Fsp3) is 0.103. The highest BCUT2D eigenvalue weighted by atomic mass is 16.1. The lowest BCUT2D eigenvalue weighted by molar-refractivity contribution is -0.116. The second kappa shape index (κ2) is 9.53. The van der Waals surface area contributed by atoms with Crippen molar-refractivity contribution in [2.45, 2.75) is 19.4 Å². The van der Waals surface area contributed by atoms with Crippen LogP contribution in [0.1, 0.15) is 17.5 Å². The van der Waals surface area contributed by atoms with E-state index in [1.807, 2.05) is 78.9 Å². The second-order valence-electron chi connectivity index (χ2n) is 8.11. The van der Waals surface area contributed by atoms with E-state index in [9.17, 15) is 4.79 Å². The number of aromatic nitrogens is 2. The fourth-order valence-electron chi connectivity index (χ4n) is 4.08. The van der Waals surface area contributed by atoms with Crippen molar-refractivity contribution >= 4 is 22.6 Å². The van der Waals surface area contributed by atoms with Crippen molar-refractivity contribution in [2.75, 3.05) is 5.32 Å². The van der Waals surface area contributed by atoms with Gasteiger partial charge < -0.3 is 9.88 Å². The zero-order chi connectivity index (χ0) is 22.5. The highest BCUT2D eigenvalue weighted by molar-refractivity contribution is 5.91. The number of amides is 1. The van der Waals surface area contributed by atoms with Crippen LogP contribution in [0.15, 0.2) is 109 Å². The first-order chi connectivity index (χ1) is 16.3. The minimum Gasteiger partial charge on any atom is -0.326 e. The molecule has 0 aliphatic heterocycles. The standard InChI is InChI=1S/C29H25N3O/c33-28(19-18-22-10-3-1-4-11-22)30-25-15-9-14-24(20-25)29-31-26-16-7-8-17-27(26)32(29)21-23-12-5-2-6-13-23/h1-17,20H,18-19,21H2,(H,30,33). The molecule has 0 aliphatic rings. The predicted octanol–water partition coefficient (Wildman–Crippen LogP) is 6.32. The third-order valence-electron chi connectivity index (χ3n) is 5.73. The molecule has 1 N–H and O–H groups in total. The number of imidazole rings is 1. The van der Waals surface area contributed by atoms with Crippen molar-refractivity contribution in [3.63, 3.8) is 0 Å². The van der Waals surface area contributed by atoms with Gasteiger partial charge in [0.05, 0.1) is 11.0 Å². The largest absolute Gasteiger partial charge is 0.326 e. The number of benzene rings is 4. The molecule has 162 valence electrons. The van der Waals surface area contributed by atoms with Crippen LogP contribution in [-0.2, 0) is 17.8 Å². The molecule has 0 aliphatic carbocycles. The minimum atomic E-state index is 0.00814. The highest BCUT2D eigenvalue weighted by Gasteiger charge is 2.14. The molecule has 4 aromatic carbocycles. The number of para-hydroxylation sites is 2. The Hall–Kier alpha value is -4.18. The maximum Gasteiger partial charge on any atom is 0.224 e. The number of carbonyl (C=O) groups is 1. The minimum absolute atomic E-state index is 0.00814.